The van der Waals surface area contributed by atoms with Crippen molar-refractivity contribution in [3.05, 3.63) is 55.1 Å². The minimum atomic E-state index is 0.437. The Bertz CT molecular complexity index is 1230. The molecule has 0 bridgehead atoms. The molecule has 126 valence electrons. The third-order valence-electron chi connectivity index (χ3n) is 4.13. The first kappa shape index (κ1) is 14.5. The van der Waals surface area contributed by atoms with Gasteiger partial charge in [0.15, 0.2) is 11.5 Å². The van der Waals surface area contributed by atoms with Crippen molar-refractivity contribution in [3.8, 4) is 23.0 Å². The summed E-state index contributed by atoms with van der Waals surface area (Å²) in [6, 6.07) is 9.50. The number of rotatable bonds is 3. The van der Waals surface area contributed by atoms with Gasteiger partial charge in [-0.15, -0.1) is 0 Å². The monoisotopic (exact) mass is 343 g/mol. The number of aryl methyl sites for hydroxylation is 1. The first-order chi connectivity index (χ1) is 12.8. The zero-order valence-electron chi connectivity index (χ0n) is 13.8. The van der Waals surface area contributed by atoms with Crippen molar-refractivity contribution in [1.82, 2.24) is 34.9 Å². The maximum Gasteiger partial charge on any atom is 0.234 e. The molecule has 4 heterocycles. The predicted molar refractivity (Wildman–Crippen MR) is 95.7 cm³/mol. The van der Waals surface area contributed by atoms with Crippen LogP contribution in [-0.2, 0) is 7.05 Å². The average molecular weight is 343 g/mol. The van der Waals surface area contributed by atoms with E-state index in [0.717, 1.165) is 21.9 Å². The maximum absolute atomic E-state index is 5.97. The quantitative estimate of drug-likeness (QED) is 0.541. The number of fused-ring (bicyclic) bond motifs is 2. The van der Waals surface area contributed by atoms with Crippen LogP contribution in [0.2, 0.25) is 0 Å². The number of nitrogens with zero attached hydrogens (tertiary/aromatic N) is 6. The molecule has 0 atom stereocenters. The van der Waals surface area contributed by atoms with Crippen LogP contribution in [0.5, 0.6) is 11.6 Å². The molecule has 0 aliphatic carbocycles. The molecule has 0 saturated heterocycles. The van der Waals surface area contributed by atoms with Crippen LogP contribution in [0.4, 0.5) is 0 Å². The van der Waals surface area contributed by atoms with E-state index in [9.17, 15) is 0 Å². The van der Waals surface area contributed by atoms with Gasteiger partial charge in [-0.25, -0.2) is 4.98 Å². The van der Waals surface area contributed by atoms with Crippen molar-refractivity contribution in [3.63, 3.8) is 0 Å². The Morgan fingerprint density at radius 3 is 2.85 bits per heavy atom. The Morgan fingerprint density at radius 1 is 1.00 bits per heavy atom. The van der Waals surface area contributed by atoms with E-state index in [4.69, 9.17) is 4.74 Å². The highest BCUT2D eigenvalue weighted by molar-refractivity contribution is 5.93. The topological polar surface area (TPSA) is 94.4 Å². The Kier molecular flexibility index (Phi) is 3.14. The molecule has 4 aromatic heterocycles. The van der Waals surface area contributed by atoms with Crippen molar-refractivity contribution in [2.24, 2.45) is 7.05 Å². The molecule has 8 heteroatoms. The van der Waals surface area contributed by atoms with Crippen molar-refractivity contribution < 1.29 is 4.74 Å². The second-order valence-corrected chi connectivity index (χ2v) is 5.79. The lowest BCUT2D eigenvalue weighted by Crippen LogP contribution is -1.98. The van der Waals surface area contributed by atoms with Gasteiger partial charge < -0.3 is 4.74 Å². The van der Waals surface area contributed by atoms with E-state index in [-0.39, 0.29) is 0 Å². The molecule has 0 saturated carbocycles. The van der Waals surface area contributed by atoms with Gasteiger partial charge in [0, 0.05) is 24.2 Å². The van der Waals surface area contributed by atoms with Crippen LogP contribution >= 0.6 is 0 Å². The summed E-state index contributed by atoms with van der Waals surface area (Å²) in [4.78, 5) is 13.4. The molecule has 1 N–H and O–H groups in total. The highest BCUT2D eigenvalue weighted by Gasteiger charge is 2.16. The molecular weight excluding hydrogens is 330 g/mol. The lowest BCUT2D eigenvalue weighted by Gasteiger charge is -2.08. The Labute approximate surface area is 147 Å². The number of pyridine rings is 1. The Morgan fingerprint density at radius 2 is 1.96 bits per heavy atom. The van der Waals surface area contributed by atoms with Crippen LogP contribution < -0.4 is 4.74 Å². The van der Waals surface area contributed by atoms with Crippen LogP contribution in [0.25, 0.3) is 33.3 Å². The highest BCUT2D eigenvalue weighted by atomic mass is 16.5. The first-order valence-electron chi connectivity index (χ1n) is 8.00. The van der Waals surface area contributed by atoms with E-state index >= 15 is 0 Å². The van der Waals surface area contributed by atoms with Crippen molar-refractivity contribution in [2.45, 2.75) is 0 Å². The van der Waals surface area contributed by atoms with Crippen LogP contribution in [0.3, 0.4) is 0 Å². The minimum absolute atomic E-state index is 0.437. The zero-order chi connectivity index (χ0) is 17.5. The number of ether oxygens (including phenoxy) is 1. The van der Waals surface area contributed by atoms with Gasteiger partial charge in [0.1, 0.15) is 11.1 Å². The zero-order valence-corrected chi connectivity index (χ0v) is 13.8. The summed E-state index contributed by atoms with van der Waals surface area (Å²) >= 11 is 0. The molecule has 1 aromatic carbocycles. The first-order valence-corrected chi connectivity index (χ1v) is 8.00. The summed E-state index contributed by atoms with van der Waals surface area (Å²) in [5.41, 5.74) is 2.48. The molecule has 0 spiro atoms. The number of H-pyrrole nitrogens is 1. The van der Waals surface area contributed by atoms with Crippen molar-refractivity contribution >= 4 is 21.9 Å². The van der Waals surface area contributed by atoms with Crippen molar-refractivity contribution in [1.29, 1.82) is 0 Å². The molecule has 0 amide bonds. The number of hydrogen-bond acceptors (Lipinski definition) is 6. The van der Waals surface area contributed by atoms with Gasteiger partial charge in [-0.3, -0.25) is 14.8 Å². The SMILES string of the molecule is Cn1ncc2c(Oc3cccnc3)nc(-c3cccc4[nH]ncc34)nc21. The average Bonchev–Trinajstić information content (AvgIpc) is 3.29. The van der Waals surface area contributed by atoms with E-state index in [1.54, 1.807) is 29.5 Å². The standard InChI is InChI=1S/C18H13N7O/c1-25-17-14(10-21-25)18(26-11-4-3-7-19-8-11)23-16(22-17)12-5-2-6-15-13(12)9-20-24-15/h2-10H,1H3,(H,20,24). The van der Waals surface area contributed by atoms with Gasteiger partial charge in [-0.1, -0.05) is 12.1 Å². The number of aromatic nitrogens is 7. The molecule has 0 aliphatic heterocycles. The van der Waals surface area contributed by atoms with E-state index in [1.807, 2.05) is 37.4 Å². The maximum atomic E-state index is 5.97. The van der Waals surface area contributed by atoms with Crippen LogP contribution in [-0.4, -0.2) is 34.9 Å². The summed E-state index contributed by atoms with van der Waals surface area (Å²) in [5, 5.41) is 13.0. The number of aromatic amines is 1. The second kappa shape index (κ2) is 5.62. The Hall–Kier alpha value is -3.81. The van der Waals surface area contributed by atoms with Gasteiger partial charge in [0.2, 0.25) is 5.88 Å². The second-order valence-electron chi connectivity index (χ2n) is 5.79. The van der Waals surface area contributed by atoms with Gasteiger partial charge in [0.25, 0.3) is 0 Å². The fourth-order valence-corrected chi connectivity index (χ4v) is 2.88. The number of nitrogens with one attached hydrogen (secondary N) is 1. The smallest absolute Gasteiger partial charge is 0.234 e. The summed E-state index contributed by atoms with van der Waals surface area (Å²) < 4.78 is 7.67. The molecular formula is C18H13N7O. The lowest BCUT2D eigenvalue weighted by atomic mass is 10.1. The lowest BCUT2D eigenvalue weighted by molar-refractivity contribution is 0.466. The number of hydrogen-bond donors (Lipinski definition) is 1. The largest absolute Gasteiger partial charge is 0.436 e. The van der Waals surface area contributed by atoms with Gasteiger partial charge in [-0.2, -0.15) is 15.2 Å². The molecule has 0 aliphatic rings. The van der Waals surface area contributed by atoms with E-state index < -0.39 is 0 Å². The molecule has 5 aromatic rings. The summed E-state index contributed by atoms with van der Waals surface area (Å²) in [5.74, 6) is 1.59. The highest BCUT2D eigenvalue weighted by Crippen LogP contribution is 2.31. The van der Waals surface area contributed by atoms with E-state index in [1.165, 1.54) is 0 Å². The van der Waals surface area contributed by atoms with E-state index in [0.29, 0.717) is 23.1 Å². The summed E-state index contributed by atoms with van der Waals surface area (Å²) in [6.07, 6.45) is 6.80. The van der Waals surface area contributed by atoms with Gasteiger partial charge >= 0.3 is 0 Å². The number of benzene rings is 1. The molecule has 5 rings (SSSR count). The predicted octanol–water partition coefficient (Wildman–Crippen LogP) is 3.09. The molecule has 8 nitrogen and oxygen atoms in total. The van der Waals surface area contributed by atoms with E-state index in [2.05, 4.69) is 30.2 Å². The fourth-order valence-electron chi connectivity index (χ4n) is 2.88. The van der Waals surface area contributed by atoms with Crippen LogP contribution in [0, 0.1) is 0 Å². The van der Waals surface area contributed by atoms with Crippen LogP contribution in [0.15, 0.2) is 55.1 Å². The summed E-state index contributed by atoms with van der Waals surface area (Å²) in [7, 11) is 1.84. The molecule has 0 fully saturated rings. The Balaban J connectivity index is 1.74. The summed E-state index contributed by atoms with van der Waals surface area (Å²) in [6.45, 7) is 0. The fraction of sp³-hybridized carbons (Fsp3) is 0.0556. The third-order valence-corrected chi connectivity index (χ3v) is 4.13. The normalized spacial score (nSPS) is 11.3. The van der Waals surface area contributed by atoms with Crippen LogP contribution in [0.1, 0.15) is 0 Å². The van der Waals surface area contributed by atoms with Crippen molar-refractivity contribution in [2.75, 3.05) is 0 Å². The molecule has 0 unspecified atom stereocenters. The minimum Gasteiger partial charge on any atom is -0.436 e. The van der Waals surface area contributed by atoms with Gasteiger partial charge in [-0.05, 0) is 18.2 Å². The van der Waals surface area contributed by atoms with Gasteiger partial charge in [0.05, 0.1) is 24.1 Å². The third kappa shape index (κ3) is 2.27. The molecule has 0 radical (unpaired) electrons. The molecule has 26 heavy (non-hydrogen) atoms.